The van der Waals surface area contributed by atoms with Gasteiger partial charge in [-0.1, -0.05) is 24.3 Å². The first kappa shape index (κ1) is 18.7. The van der Waals surface area contributed by atoms with Crippen LogP contribution in [-0.4, -0.2) is 36.2 Å². The lowest BCUT2D eigenvalue weighted by molar-refractivity contribution is -0.159. The third kappa shape index (κ3) is 4.00. The molecule has 26 heavy (non-hydrogen) atoms. The molecule has 1 aliphatic rings. The van der Waals surface area contributed by atoms with Crippen LogP contribution in [0.1, 0.15) is 45.1 Å². The van der Waals surface area contributed by atoms with Crippen molar-refractivity contribution in [3.8, 4) is 5.75 Å². The van der Waals surface area contributed by atoms with E-state index in [0.717, 1.165) is 22.1 Å². The monoisotopic (exact) mass is 358 g/mol. The summed E-state index contributed by atoms with van der Waals surface area (Å²) in [6.45, 7) is 6.21. The van der Waals surface area contributed by atoms with Gasteiger partial charge in [0.15, 0.2) is 5.79 Å². The van der Waals surface area contributed by atoms with E-state index < -0.39 is 23.3 Å². The SMILES string of the molecule is COc1ccc2cc([C@H](CC[C@]3(C)COC(C)(C)O3)C(=O)O)ccc2c1. The molecule has 2 aromatic rings. The van der Waals surface area contributed by atoms with Crippen molar-refractivity contribution in [2.24, 2.45) is 0 Å². The van der Waals surface area contributed by atoms with Crippen molar-refractivity contribution in [3.63, 3.8) is 0 Å². The van der Waals surface area contributed by atoms with Gasteiger partial charge in [0.05, 0.1) is 25.2 Å². The Morgan fingerprint density at radius 1 is 1.19 bits per heavy atom. The third-order valence-corrected chi connectivity index (χ3v) is 4.95. The molecule has 1 fully saturated rings. The summed E-state index contributed by atoms with van der Waals surface area (Å²) in [6.07, 6.45) is 1.11. The lowest BCUT2D eigenvalue weighted by Gasteiger charge is -2.26. The lowest BCUT2D eigenvalue weighted by atomic mass is 9.88. The number of carbonyl (C=O) groups is 1. The van der Waals surface area contributed by atoms with Gasteiger partial charge >= 0.3 is 5.97 Å². The van der Waals surface area contributed by atoms with Gasteiger partial charge in [0.1, 0.15) is 5.75 Å². The summed E-state index contributed by atoms with van der Waals surface area (Å²) < 4.78 is 16.9. The molecular weight excluding hydrogens is 332 g/mol. The predicted molar refractivity (Wildman–Crippen MR) is 99.6 cm³/mol. The standard InChI is InChI=1S/C21H26O5/c1-20(2)25-13-21(3,26-20)10-9-18(19(22)23)16-6-5-15-12-17(24-4)8-7-14(15)11-16/h5-8,11-12,18H,9-10,13H2,1-4H3,(H,22,23)/t18-,21+/m0/s1. The maximum absolute atomic E-state index is 11.9. The van der Waals surface area contributed by atoms with Crippen LogP contribution in [0.4, 0.5) is 0 Å². The quantitative estimate of drug-likeness (QED) is 0.832. The van der Waals surface area contributed by atoms with E-state index in [0.29, 0.717) is 19.4 Å². The molecule has 5 heteroatoms. The van der Waals surface area contributed by atoms with Gasteiger partial charge in [0, 0.05) is 0 Å². The first-order valence-corrected chi connectivity index (χ1v) is 8.86. The minimum Gasteiger partial charge on any atom is -0.497 e. The minimum atomic E-state index is -0.820. The Morgan fingerprint density at radius 3 is 2.50 bits per heavy atom. The largest absolute Gasteiger partial charge is 0.497 e. The summed E-state index contributed by atoms with van der Waals surface area (Å²) >= 11 is 0. The Bertz CT molecular complexity index is 813. The number of hydrogen-bond donors (Lipinski definition) is 1. The maximum atomic E-state index is 11.9. The first-order chi connectivity index (χ1) is 12.2. The highest BCUT2D eigenvalue weighted by molar-refractivity contribution is 5.86. The van der Waals surface area contributed by atoms with Crippen LogP contribution in [0.15, 0.2) is 36.4 Å². The number of hydrogen-bond acceptors (Lipinski definition) is 4. The average Bonchev–Trinajstić information content (AvgIpc) is 2.87. The average molecular weight is 358 g/mol. The van der Waals surface area contributed by atoms with Crippen LogP contribution in [0, 0.1) is 0 Å². The fraction of sp³-hybridized carbons (Fsp3) is 0.476. The minimum absolute atomic E-state index is 0.457. The van der Waals surface area contributed by atoms with E-state index in [-0.39, 0.29) is 0 Å². The van der Waals surface area contributed by atoms with Crippen LogP contribution in [0.25, 0.3) is 10.8 Å². The summed E-state index contributed by atoms with van der Waals surface area (Å²) in [5.41, 5.74) is 0.346. The smallest absolute Gasteiger partial charge is 0.310 e. The fourth-order valence-corrected chi connectivity index (χ4v) is 3.57. The van der Waals surface area contributed by atoms with Crippen molar-refractivity contribution in [3.05, 3.63) is 42.0 Å². The van der Waals surface area contributed by atoms with Crippen LogP contribution in [0.3, 0.4) is 0 Å². The van der Waals surface area contributed by atoms with Gasteiger partial charge < -0.3 is 19.3 Å². The summed E-state index contributed by atoms with van der Waals surface area (Å²) in [5, 5.41) is 11.8. The molecule has 2 atom stereocenters. The molecule has 0 amide bonds. The number of fused-ring (bicyclic) bond motifs is 1. The number of carboxylic acid groups (broad SMARTS) is 1. The second-order valence-electron chi connectivity index (χ2n) is 7.64. The summed E-state index contributed by atoms with van der Waals surface area (Å²) in [4.78, 5) is 11.9. The normalized spacial score (nSPS) is 23.1. The molecule has 0 saturated carbocycles. The number of aliphatic carboxylic acids is 1. The molecule has 0 spiro atoms. The van der Waals surface area contributed by atoms with Gasteiger partial charge in [-0.2, -0.15) is 0 Å². The van der Waals surface area contributed by atoms with Gasteiger partial charge in [-0.05, 0) is 62.1 Å². The molecule has 1 saturated heterocycles. The molecule has 0 unspecified atom stereocenters. The predicted octanol–water partition coefficient (Wildman–Crippen LogP) is 4.34. The summed E-state index contributed by atoms with van der Waals surface area (Å²) in [6, 6.07) is 11.6. The zero-order valence-corrected chi connectivity index (χ0v) is 15.7. The Labute approximate surface area is 153 Å². The Kier molecular flexibility index (Phi) is 4.95. The molecule has 2 aromatic carbocycles. The molecule has 0 aromatic heterocycles. The first-order valence-electron chi connectivity index (χ1n) is 8.86. The van der Waals surface area contributed by atoms with Crippen LogP contribution < -0.4 is 4.74 Å². The molecular formula is C21H26O5. The number of ether oxygens (including phenoxy) is 3. The zero-order chi connectivity index (χ0) is 18.9. The van der Waals surface area contributed by atoms with Crippen LogP contribution in [0.5, 0.6) is 5.75 Å². The molecule has 3 rings (SSSR count). The van der Waals surface area contributed by atoms with Gasteiger partial charge in [-0.25, -0.2) is 0 Å². The second-order valence-corrected chi connectivity index (χ2v) is 7.64. The topological polar surface area (TPSA) is 65.0 Å². The van der Waals surface area contributed by atoms with E-state index >= 15 is 0 Å². The van der Waals surface area contributed by atoms with E-state index in [4.69, 9.17) is 14.2 Å². The molecule has 5 nitrogen and oxygen atoms in total. The van der Waals surface area contributed by atoms with E-state index in [1.807, 2.05) is 57.2 Å². The summed E-state index contributed by atoms with van der Waals surface area (Å²) in [5.74, 6) is -1.23. The van der Waals surface area contributed by atoms with Gasteiger partial charge in [0.2, 0.25) is 0 Å². The van der Waals surface area contributed by atoms with Crippen LogP contribution in [0.2, 0.25) is 0 Å². The summed E-state index contributed by atoms with van der Waals surface area (Å²) in [7, 11) is 1.63. The molecule has 1 heterocycles. The zero-order valence-electron chi connectivity index (χ0n) is 15.7. The van der Waals surface area contributed by atoms with Crippen molar-refractivity contribution in [2.75, 3.05) is 13.7 Å². The number of benzene rings is 2. The van der Waals surface area contributed by atoms with Crippen molar-refractivity contribution < 1.29 is 24.1 Å². The Morgan fingerprint density at radius 2 is 1.88 bits per heavy atom. The van der Waals surface area contributed by atoms with Crippen LogP contribution in [-0.2, 0) is 14.3 Å². The highest BCUT2D eigenvalue weighted by Crippen LogP contribution is 2.36. The highest BCUT2D eigenvalue weighted by Gasteiger charge is 2.42. The third-order valence-electron chi connectivity index (χ3n) is 4.95. The van der Waals surface area contributed by atoms with E-state index in [2.05, 4.69) is 0 Å². The van der Waals surface area contributed by atoms with Crippen molar-refractivity contribution in [1.82, 2.24) is 0 Å². The second kappa shape index (κ2) is 6.89. The van der Waals surface area contributed by atoms with Crippen molar-refractivity contribution >= 4 is 16.7 Å². The van der Waals surface area contributed by atoms with E-state index in [9.17, 15) is 9.90 Å². The number of methoxy groups -OCH3 is 1. The lowest BCUT2D eigenvalue weighted by Crippen LogP contribution is -2.31. The fourth-order valence-electron chi connectivity index (χ4n) is 3.57. The van der Waals surface area contributed by atoms with Crippen molar-refractivity contribution in [2.45, 2.75) is 50.9 Å². The van der Waals surface area contributed by atoms with Gasteiger partial charge in [-0.15, -0.1) is 0 Å². The number of rotatable bonds is 6. The Balaban J connectivity index is 1.79. The molecule has 140 valence electrons. The van der Waals surface area contributed by atoms with Crippen molar-refractivity contribution in [1.29, 1.82) is 0 Å². The molecule has 0 bridgehead atoms. The Hall–Kier alpha value is -2.11. The molecule has 1 aliphatic heterocycles. The number of carboxylic acids is 1. The highest BCUT2D eigenvalue weighted by atomic mass is 16.7. The van der Waals surface area contributed by atoms with Gasteiger partial charge in [-0.3, -0.25) is 4.79 Å². The van der Waals surface area contributed by atoms with Crippen LogP contribution >= 0.6 is 0 Å². The molecule has 0 aliphatic carbocycles. The van der Waals surface area contributed by atoms with Gasteiger partial charge in [0.25, 0.3) is 0 Å². The van der Waals surface area contributed by atoms with E-state index in [1.54, 1.807) is 7.11 Å². The molecule has 0 radical (unpaired) electrons. The molecule has 1 N–H and O–H groups in total. The van der Waals surface area contributed by atoms with E-state index in [1.165, 1.54) is 0 Å². The maximum Gasteiger partial charge on any atom is 0.310 e.